The number of carbonyl (C=O) groups excluding carboxylic acids is 1. The first-order valence-corrected chi connectivity index (χ1v) is 11.1. The van der Waals surface area contributed by atoms with Crippen molar-refractivity contribution in [3.05, 3.63) is 86.6 Å². The predicted octanol–water partition coefficient (Wildman–Crippen LogP) is 5.69. The number of fused-ring (bicyclic) bond motifs is 4. The molecule has 6 rings (SSSR count). The first kappa shape index (κ1) is 20.4. The van der Waals surface area contributed by atoms with Crippen LogP contribution >= 0.6 is 23.2 Å². The third-order valence-corrected chi connectivity index (χ3v) is 6.51. The minimum absolute atomic E-state index is 0.160. The van der Waals surface area contributed by atoms with Crippen LogP contribution in [0.2, 0.25) is 10.0 Å². The molecule has 3 aromatic rings. The van der Waals surface area contributed by atoms with E-state index in [1.54, 1.807) is 18.2 Å². The highest BCUT2D eigenvalue weighted by Gasteiger charge is 2.33. The monoisotopic (exact) mass is 481 g/mol. The van der Waals surface area contributed by atoms with E-state index in [4.69, 9.17) is 42.1 Å². The molecule has 0 unspecified atom stereocenters. The summed E-state index contributed by atoms with van der Waals surface area (Å²) < 4.78 is 22.8. The number of Topliss-reactive ketones (excluding diaryl/α,β-unsaturated/α-hetero) is 1. The number of hydrogen-bond acceptors (Lipinski definition) is 6. The van der Waals surface area contributed by atoms with Gasteiger partial charge in [-0.15, -0.1) is 0 Å². The Labute approximate surface area is 199 Å². The molecule has 0 aromatic heterocycles. The fourth-order valence-corrected chi connectivity index (χ4v) is 4.48. The summed E-state index contributed by atoms with van der Waals surface area (Å²) in [5, 5.41) is 1.03. The summed E-state index contributed by atoms with van der Waals surface area (Å²) in [5.74, 6) is 2.70. The topological polar surface area (TPSA) is 57.2 Å². The van der Waals surface area contributed by atoms with Crippen molar-refractivity contribution in [3.63, 3.8) is 0 Å². The summed E-state index contributed by atoms with van der Waals surface area (Å²) in [7, 11) is 0. The number of carbonyl (C=O) groups is 1. The minimum Gasteiger partial charge on any atom is -0.478 e. The lowest BCUT2D eigenvalue weighted by molar-refractivity contribution is 0.0873. The molecule has 33 heavy (non-hydrogen) atoms. The van der Waals surface area contributed by atoms with Gasteiger partial charge in [-0.1, -0.05) is 35.3 Å². The van der Waals surface area contributed by atoms with Crippen molar-refractivity contribution < 1.29 is 23.7 Å². The van der Waals surface area contributed by atoms with Crippen molar-refractivity contribution in [2.24, 2.45) is 0 Å². The molecule has 0 fully saturated rings. The molecule has 6 nitrogen and oxygen atoms in total. The Morgan fingerprint density at radius 1 is 0.909 bits per heavy atom. The van der Waals surface area contributed by atoms with Crippen molar-refractivity contribution in [2.45, 2.75) is 13.1 Å². The SMILES string of the molecule is O=C1/C(=C/c2ccc3c(c2)OCO3)Oc2c1ccc1c2CN(Cc2ccc(Cl)c(Cl)c2)CO1. The average molecular weight is 482 g/mol. The molecular weight excluding hydrogens is 465 g/mol. The summed E-state index contributed by atoms with van der Waals surface area (Å²) in [6.07, 6.45) is 1.72. The number of ether oxygens (including phenoxy) is 4. The van der Waals surface area contributed by atoms with E-state index >= 15 is 0 Å². The maximum atomic E-state index is 13.0. The molecule has 3 aliphatic heterocycles. The van der Waals surface area contributed by atoms with E-state index in [0.717, 1.165) is 22.4 Å². The number of ketones is 1. The normalized spacial score (nSPS) is 17.5. The molecule has 3 aromatic carbocycles. The Morgan fingerprint density at radius 3 is 2.64 bits per heavy atom. The zero-order chi connectivity index (χ0) is 22.5. The van der Waals surface area contributed by atoms with Gasteiger partial charge >= 0.3 is 0 Å². The highest BCUT2D eigenvalue weighted by atomic mass is 35.5. The van der Waals surface area contributed by atoms with Gasteiger partial charge in [0.2, 0.25) is 12.6 Å². The minimum atomic E-state index is -0.160. The zero-order valence-corrected chi connectivity index (χ0v) is 18.8. The lowest BCUT2D eigenvalue weighted by Gasteiger charge is -2.29. The third-order valence-electron chi connectivity index (χ3n) is 5.77. The van der Waals surface area contributed by atoms with Gasteiger partial charge in [0.15, 0.2) is 17.3 Å². The second kappa shape index (κ2) is 7.99. The van der Waals surface area contributed by atoms with Gasteiger partial charge in [-0.2, -0.15) is 0 Å². The van der Waals surface area contributed by atoms with E-state index in [1.165, 1.54) is 0 Å². The highest BCUT2D eigenvalue weighted by molar-refractivity contribution is 6.42. The van der Waals surface area contributed by atoms with E-state index < -0.39 is 0 Å². The van der Waals surface area contributed by atoms with Crippen molar-refractivity contribution >= 4 is 35.1 Å². The van der Waals surface area contributed by atoms with E-state index in [-0.39, 0.29) is 18.3 Å². The first-order valence-electron chi connectivity index (χ1n) is 10.3. The number of benzene rings is 3. The number of halogens is 2. The Balaban J connectivity index is 1.27. The molecule has 3 aliphatic rings. The summed E-state index contributed by atoms with van der Waals surface area (Å²) in [6.45, 7) is 1.80. The molecule has 0 aliphatic carbocycles. The molecule has 0 saturated heterocycles. The lowest BCUT2D eigenvalue weighted by atomic mass is 10.0. The maximum absolute atomic E-state index is 13.0. The molecule has 3 heterocycles. The van der Waals surface area contributed by atoms with Gasteiger partial charge in [0.05, 0.1) is 21.2 Å². The van der Waals surface area contributed by atoms with Crippen LogP contribution in [0, 0.1) is 0 Å². The quantitative estimate of drug-likeness (QED) is 0.447. The molecule has 0 bridgehead atoms. The number of allylic oxidation sites excluding steroid dienone is 1. The van der Waals surface area contributed by atoms with E-state index in [2.05, 4.69) is 4.90 Å². The smallest absolute Gasteiger partial charge is 0.231 e. The van der Waals surface area contributed by atoms with Crippen LogP contribution < -0.4 is 18.9 Å². The highest BCUT2D eigenvalue weighted by Crippen LogP contribution is 2.42. The fraction of sp³-hybridized carbons (Fsp3) is 0.160. The first-order chi connectivity index (χ1) is 16.0. The third kappa shape index (κ3) is 3.70. The van der Waals surface area contributed by atoms with E-state index in [0.29, 0.717) is 52.7 Å². The lowest BCUT2D eigenvalue weighted by Crippen LogP contribution is -2.31. The molecule has 0 N–H and O–H groups in total. The molecule has 166 valence electrons. The van der Waals surface area contributed by atoms with Crippen molar-refractivity contribution in [3.8, 4) is 23.0 Å². The maximum Gasteiger partial charge on any atom is 0.231 e. The van der Waals surface area contributed by atoms with Crippen LogP contribution in [0.15, 0.2) is 54.3 Å². The average Bonchev–Trinajstić information content (AvgIpc) is 3.41. The Morgan fingerprint density at radius 2 is 1.76 bits per heavy atom. The summed E-state index contributed by atoms with van der Waals surface area (Å²) in [4.78, 5) is 15.1. The van der Waals surface area contributed by atoms with Crippen molar-refractivity contribution in [1.29, 1.82) is 0 Å². The van der Waals surface area contributed by atoms with E-state index in [9.17, 15) is 4.79 Å². The number of nitrogens with zero attached hydrogens (tertiary/aromatic N) is 1. The van der Waals surface area contributed by atoms with Gasteiger partial charge in [-0.05, 0) is 53.6 Å². The predicted molar refractivity (Wildman–Crippen MR) is 123 cm³/mol. The standard InChI is InChI=1S/C25H17Cl2NO5/c26-18-4-1-15(7-19(18)27)10-28-11-17-20(30-12-28)6-3-16-24(29)23(33-25(16)17)9-14-2-5-21-22(8-14)32-13-31-21/h1-9H,10-13H2/b23-9-. The van der Waals surface area contributed by atoms with Crippen LogP contribution in [0.25, 0.3) is 6.08 Å². The van der Waals surface area contributed by atoms with Crippen LogP contribution in [0.5, 0.6) is 23.0 Å². The van der Waals surface area contributed by atoms with Crippen molar-refractivity contribution in [1.82, 2.24) is 4.90 Å². The molecular formula is C25H17Cl2NO5. The van der Waals surface area contributed by atoms with Gasteiger partial charge in [0.1, 0.15) is 18.2 Å². The zero-order valence-electron chi connectivity index (χ0n) is 17.3. The molecule has 0 atom stereocenters. The van der Waals surface area contributed by atoms with Gasteiger partial charge in [-0.3, -0.25) is 9.69 Å². The Hall–Kier alpha value is -3.19. The van der Waals surface area contributed by atoms with Crippen LogP contribution in [-0.4, -0.2) is 24.2 Å². The second-order valence-electron chi connectivity index (χ2n) is 7.98. The number of hydrogen-bond donors (Lipinski definition) is 0. The van der Waals surface area contributed by atoms with Crippen LogP contribution in [-0.2, 0) is 13.1 Å². The summed E-state index contributed by atoms with van der Waals surface area (Å²) in [6, 6.07) is 14.7. The van der Waals surface area contributed by atoms with Crippen molar-refractivity contribution in [2.75, 3.05) is 13.5 Å². The van der Waals surface area contributed by atoms with Crippen LogP contribution in [0.4, 0.5) is 0 Å². The van der Waals surface area contributed by atoms with E-state index in [1.807, 2.05) is 36.4 Å². The summed E-state index contributed by atoms with van der Waals surface area (Å²) >= 11 is 12.2. The van der Waals surface area contributed by atoms with Gasteiger partial charge in [-0.25, -0.2) is 0 Å². The fourth-order valence-electron chi connectivity index (χ4n) is 4.16. The van der Waals surface area contributed by atoms with Gasteiger partial charge in [0.25, 0.3) is 0 Å². The van der Waals surface area contributed by atoms with Gasteiger partial charge in [0, 0.05) is 13.1 Å². The Kier molecular flexibility index (Phi) is 4.94. The molecule has 0 spiro atoms. The largest absolute Gasteiger partial charge is 0.478 e. The number of rotatable bonds is 3. The van der Waals surface area contributed by atoms with Crippen LogP contribution in [0.3, 0.4) is 0 Å². The summed E-state index contributed by atoms with van der Waals surface area (Å²) in [5.41, 5.74) is 3.19. The molecule has 0 saturated carbocycles. The second-order valence-corrected chi connectivity index (χ2v) is 8.79. The molecule has 8 heteroatoms. The molecule has 0 radical (unpaired) electrons. The van der Waals surface area contributed by atoms with Gasteiger partial charge < -0.3 is 18.9 Å². The van der Waals surface area contributed by atoms with Crippen LogP contribution in [0.1, 0.15) is 27.0 Å². The Bertz CT molecular complexity index is 1340. The molecule has 0 amide bonds.